The lowest BCUT2D eigenvalue weighted by molar-refractivity contribution is 0.103. The lowest BCUT2D eigenvalue weighted by Gasteiger charge is -2.16. The van der Waals surface area contributed by atoms with E-state index in [9.17, 15) is 9.59 Å². The van der Waals surface area contributed by atoms with Crippen molar-refractivity contribution in [1.82, 2.24) is 4.98 Å². The van der Waals surface area contributed by atoms with Crippen LogP contribution >= 0.6 is 31.9 Å². The van der Waals surface area contributed by atoms with Gasteiger partial charge >= 0.3 is 0 Å². The third-order valence-electron chi connectivity index (χ3n) is 5.82. The van der Waals surface area contributed by atoms with E-state index in [1.807, 2.05) is 84.9 Å². The molecule has 0 aliphatic rings. The molecule has 0 radical (unpaired) electrons. The highest BCUT2D eigenvalue weighted by Gasteiger charge is 2.24. The first kappa shape index (κ1) is 24.0. The van der Waals surface area contributed by atoms with Crippen LogP contribution in [0.1, 0.15) is 31.8 Å². The standard InChI is InChI=1S/C31H19Br2NO2/c32-24-15-11-20(12-16-24)28-26(30(35)22-7-3-1-4-8-22)19-27(31(36)23-9-5-2-6-10-23)29(34-28)21-13-17-25(33)18-14-21/h1-19H. The molecule has 5 rings (SSSR count). The highest BCUT2D eigenvalue weighted by atomic mass is 79.9. The van der Waals surface area contributed by atoms with Gasteiger partial charge in [-0.3, -0.25) is 9.59 Å². The molecule has 1 aromatic heterocycles. The maximum atomic E-state index is 13.7. The summed E-state index contributed by atoms with van der Waals surface area (Å²) in [5, 5.41) is 0. The van der Waals surface area contributed by atoms with Crippen molar-refractivity contribution in [3.8, 4) is 22.5 Å². The number of carbonyl (C=O) groups is 2. The van der Waals surface area contributed by atoms with E-state index in [1.54, 1.807) is 30.3 Å². The summed E-state index contributed by atoms with van der Waals surface area (Å²) >= 11 is 6.96. The van der Waals surface area contributed by atoms with Gasteiger partial charge in [-0.1, -0.05) is 117 Å². The molecule has 5 heteroatoms. The van der Waals surface area contributed by atoms with Crippen LogP contribution in [-0.4, -0.2) is 16.6 Å². The van der Waals surface area contributed by atoms with Gasteiger partial charge in [-0.15, -0.1) is 0 Å². The summed E-state index contributed by atoms with van der Waals surface area (Å²) < 4.78 is 1.84. The molecule has 174 valence electrons. The second kappa shape index (κ2) is 10.5. The summed E-state index contributed by atoms with van der Waals surface area (Å²) in [7, 11) is 0. The van der Waals surface area contributed by atoms with Crippen molar-refractivity contribution in [2.45, 2.75) is 0 Å². The van der Waals surface area contributed by atoms with Crippen LogP contribution in [0.4, 0.5) is 0 Å². The Balaban J connectivity index is 1.80. The van der Waals surface area contributed by atoms with Gasteiger partial charge < -0.3 is 0 Å². The average Bonchev–Trinajstić information content (AvgIpc) is 2.93. The van der Waals surface area contributed by atoms with Crippen LogP contribution in [0.2, 0.25) is 0 Å². The minimum atomic E-state index is -0.189. The summed E-state index contributed by atoms with van der Waals surface area (Å²) in [6, 6.07) is 35.1. The summed E-state index contributed by atoms with van der Waals surface area (Å²) in [6.07, 6.45) is 0. The first-order valence-corrected chi connectivity index (χ1v) is 12.9. The minimum Gasteiger partial charge on any atom is -0.289 e. The first-order chi connectivity index (χ1) is 17.5. The van der Waals surface area contributed by atoms with E-state index in [0.29, 0.717) is 33.6 Å². The zero-order valence-corrected chi connectivity index (χ0v) is 22.2. The number of aromatic nitrogens is 1. The van der Waals surface area contributed by atoms with Gasteiger partial charge in [0, 0.05) is 42.3 Å². The summed E-state index contributed by atoms with van der Waals surface area (Å²) in [5.41, 5.74) is 4.45. The van der Waals surface area contributed by atoms with Crippen molar-refractivity contribution in [2.24, 2.45) is 0 Å². The molecule has 0 N–H and O–H groups in total. The van der Waals surface area contributed by atoms with Crippen molar-refractivity contribution in [2.75, 3.05) is 0 Å². The molecule has 0 saturated heterocycles. The van der Waals surface area contributed by atoms with Gasteiger partial charge in [-0.25, -0.2) is 4.98 Å². The Morgan fingerprint density at radius 2 is 0.861 bits per heavy atom. The van der Waals surface area contributed by atoms with E-state index >= 15 is 0 Å². The first-order valence-electron chi connectivity index (χ1n) is 11.3. The SMILES string of the molecule is O=C(c1ccccc1)c1cc(C(=O)c2ccccc2)c(-c2ccc(Br)cc2)nc1-c1ccc(Br)cc1. The van der Waals surface area contributed by atoms with Crippen LogP contribution in [0.5, 0.6) is 0 Å². The zero-order valence-electron chi connectivity index (χ0n) is 19.0. The number of hydrogen-bond donors (Lipinski definition) is 0. The number of rotatable bonds is 6. The Labute approximate surface area is 226 Å². The van der Waals surface area contributed by atoms with E-state index in [2.05, 4.69) is 31.9 Å². The molecule has 0 fully saturated rings. The lowest BCUT2D eigenvalue weighted by atomic mass is 9.91. The fourth-order valence-corrected chi connectivity index (χ4v) is 4.53. The molecule has 0 aliphatic carbocycles. The number of carbonyl (C=O) groups excluding carboxylic acids is 2. The maximum Gasteiger partial charge on any atom is 0.195 e. The van der Waals surface area contributed by atoms with Crippen molar-refractivity contribution >= 4 is 43.4 Å². The average molecular weight is 597 g/mol. The van der Waals surface area contributed by atoms with Gasteiger partial charge in [0.2, 0.25) is 0 Å². The van der Waals surface area contributed by atoms with E-state index in [4.69, 9.17) is 4.98 Å². The lowest BCUT2D eigenvalue weighted by Crippen LogP contribution is -2.12. The van der Waals surface area contributed by atoms with Gasteiger partial charge in [0.25, 0.3) is 0 Å². The van der Waals surface area contributed by atoms with E-state index < -0.39 is 0 Å². The summed E-state index contributed by atoms with van der Waals surface area (Å²) in [4.78, 5) is 32.5. The predicted octanol–water partition coefficient (Wildman–Crippen LogP) is 8.40. The van der Waals surface area contributed by atoms with Crippen LogP contribution in [0.25, 0.3) is 22.5 Å². The van der Waals surface area contributed by atoms with Crippen molar-refractivity contribution in [3.63, 3.8) is 0 Å². The van der Waals surface area contributed by atoms with E-state index in [1.165, 1.54) is 0 Å². The number of halogens is 2. The third kappa shape index (κ3) is 4.99. The van der Waals surface area contributed by atoms with Crippen LogP contribution in [0, 0.1) is 0 Å². The van der Waals surface area contributed by atoms with Gasteiger partial charge in [0.1, 0.15) is 0 Å². The fraction of sp³-hybridized carbons (Fsp3) is 0. The van der Waals surface area contributed by atoms with E-state index in [-0.39, 0.29) is 11.6 Å². The Morgan fingerprint density at radius 3 is 1.22 bits per heavy atom. The Morgan fingerprint density at radius 1 is 0.500 bits per heavy atom. The predicted molar refractivity (Wildman–Crippen MR) is 150 cm³/mol. The van der Waals surface area contributed by atoms with Crippen molar-refractivity contribution < 1.29 is 9.59 Å². The molecule has 5 aromatic rings. The van der Waals surface area contributed by atoms with Crippen molar-refractivity contribution in [3.05, 3.63) is 146 Å². The number of hydrogen-bond acceptors (Lipinski definition) is 3. The van der Waals surface area contributed by atoms with Crippen LogP contribution in [0.3, 0.4) is 0 Å². The van der Waals surface area contributed by atoms with Crippen molar-refractivity contribution in [1.29, 1.82) is 0 Å². The number of benzene rings is 4. The quantitative estimate of drug-likeness (QED) is 0.185. The molecular formula is C31H19Br2NO2. The highest BCUT2D eigenvalue weighted by molar-refractivity contribution is 9.10. The minimum absolute atomic E-state index is 0.189. The molecular weight excluding hydrogens is 578 g/mol. The highest BCUT2D eigenvalue weighted by Crippen LogP contribution is 2.33. The number of ketones is 2. The molecule has 3 nitrogen and oxygen atoms in total. The molecule has 4 aromatic carbocycles. The molecule has 0 atom stereocenters. The Hall–Kier alpha value is -3.67. The fourth-order valence-electron chi connectivity index (χ4n) is 4.01. The molecule has 1 heterocycles. The molecule has 0 amide bonds. The van der Waals surface area contributed by atoms with Gasteiger partial charge in [-0.05, 0) is 30.3 Å². The second-order valence-electron chi connectivity index (χ2n) is 8.18. The Bertz CT molecular complexity index is 1430. The van der Waals surface area contributed by atoms with Crippen LogP contribution < -0.4 is 0 Å². The molecule has 0 aliphatic heterocycles. The molecule has 0 saturated carbocycles. The van der Waals surface area contributed by atoms with Crippen LogP contribution in [0.15, 0.2) is 124 Å². The molecule has 0 spiro atoms. The summed E-state index contributed by atoms with van der Waals surface area (Å²) in [6.45, 7) is 0. The number of pyridine rings is 1. The maximum absolute atomic E-state index is 13.7. The largest absolute Gasteiger partial charge is 0.289 e. The van der Waals surface area contributed by atoms with Gasteiger partial charge in [0.15, 0.2) is 11.6 Å². The van der Waals surface area contributed by atoms with E-state index in [0.717, 1.165) is 20.1 Å². The van der Waals surface area contributed by atoms with Crippen LogP contribution in [-0.2, 0) is 0 Å². The molecule has 36 heavy (non-hydrogen) atoms. The topological polar surface area (TPSA) is 47.0 Å². The smallest absolute Gasteiger partial charge is 0.195 e. The zero-order chi connectivity index (χ0) is 25.1. The monoisotopic (exact) mass is 595 g/mol. The Kier molecular flexibility index (Phi) is 7.03. The molecule has 0 bridgehead atoms. The molecule has 0 unspecified atom stereocenters. The second-order valence-corrected chi connectivity index (χ2v) is 10.0. The normalized spacial score (nSPS) is 10.7. The third-order valence-corrected chi connectivity index (χ3v) is 6.88. The van der Waals surface area contributed by atoms with Gasteiger partial charge in [-0.2, -0.15) is 0 Å². The number of nitrogens with zero attached hydrogens (tertiary/aromatic N) is 1. The summed E-state index contributed by atoms with van der Waals surface area (Å²) in [5.74, 6) is -0.379. The van der Waals surface area contributed by atoms with Gasteiger partial charge in [0.05, 0.1) is 11.4 Å².